The summed E-state index contributed by atoms with van der Waals surface area (Å²) in [6, 6.07) is 0. The fourth-order valence-corrected chi connectivity index (χ4v) is 1.12. The average molecular weight is 162 g/mol. The molecule has 0 radical (unpaired) electrons. The van der Waals surface area contributed by atoms with E-state index in [4.69, 9.17) is 0 Å². The van der Waals surface area contributed by atoms with Crippen LogP contribution in [-0.2, 0) is 0 Å². The lowest BCUT2D eigenvalue weighted by Gasteiger charge is -1.90. The standard InChI is InChI=1S/C4H6N2O3S/c1-8-3-4(9-2)6-10(7)5-3/h1-2H3. The molecule has 0 spiro atoms. The van der Waals surface area contributed by atoms with Crippen molar-refractivity contribution in [3.63, 3.8) is 0 Å². The second-order valence-electron chi connectivity index (χ2n) is 1.43. The van der Waals surface area contributed by atoms with Crippen LogP contribution in [-0.4, -0.2) is 27.5 Å². The SMILES string of the molecule is COc1n[s+]([O-])nc1OC. The summed E-state index contributed by atoms with van der Waals surface area (Å²) in [5, 5.41) is 0. The number of rotatable bonds is 2. The summed E-state index contributed by atoms with van der Waals surface area (Å²) >= 11 is -1.56. The van der Waals surface area contributed by atoms with Gasteiger partial charge in [-0.3, -0.25) is 0 Å². The Hall–Kier alpha value is -0.880. The van der Waals surface area contributed by atoms with E-state index in [-0.39, 0.29) is 11.8 Å². The van der Waals surface area contributed by atoms with Gasteiger partial charge in [0.1, 0.15) is 0 Å². The summed E-state index contributed by atoms with van der Waals surface area (Å²) in [5.41, 5.74) is 0. The molecule has 0 amide bonds. The lowest BCUT2D eigenvalue weighted by Crippen LogP contribution is -1.87. The number of methoxy groups -OCH3 is 2. The predicted molar refractivity (Wildman–Crippen MR) is 33.8 cm³/mol. The van der Waals surface area contributed by atoms with Gasteiger partial charge in [-0.15, -0.1) is 0 Å². The summed E-state index contributed by atoms with van der Waals surface area (Å²) in [7, 11) is 2.83. The minimum Gasteiger partial charge on any atom is -0.546 e. The van der Waals surface area contributed by atoms with Gasteiger partial charge in [-0.2, -0.15) is 0 Å². The molecule has 0 aromatic carbocycles. The van der Waals surface area contributed by atoms with Crippen LogP contribution in [0, 0.1) is 0 Å². The summed E-state index contributed by atoms with van der Waals surface area (Å²) in [6.45, 7) is 0. The highest BCUT2D eigenvalue weighted by atomic mass is 32.2. The fraction of sp³-hybridized carbons (Fsp3) is 0.500. The third-order valence-electron chi connectivity index (χ3n) is 0.892. The average Bonchev–Trinajstić information content (AvgIpc) is 2.30. The van der Waals surface area contributed by atoms with E-state index in [2.05, 4.69) is 18.2 Å². The maximum atomic E-state index is 10.6. The van der Waals surface area contributed by atoms with Crippen molar-refractivity contribution in [2.24, 2.45) is 0 Å². The van der Waals surface area contributed by atoms with Crippen molar-refractivity contribution in [1.29, 1.82) is 0 Å². The van der Waals surface area contributed by atoms with E-state index in [0.717, 1.165) is 0 Å². The van der Waals surface area contributed by atoms with E-state index in [0.29, 0.717) is 0 Å². The Morgan fingerprint density at radius 1 is 1.20 bits per heavy atom. The van der Waals surface area contributed by atoms with E-state index in [1.165, 1.54) is 14.2 Å². The van der Waals surface area contributed by atoms with Gasteiger partial charge in [0.25, 0.3) is 0 Å². The van der Waals surface area contributed by atoms with Crippen molar-refractivity contribution < 1.29 is 14.0 Å². The largest absolute Gasteiger partial charge is 0.546 e. The summed E-state index contributed by atoms with van der Waals surface area (Å²) in [4.78, 5) is 0. The van der Waals surface area contributed by atoms with Gasteiger partial charge < -0.3 is 14.0 Å². The number of hydrogen-bond acceptors (Lipinski definition) is 5. The maximum absolute atomic E-state index is 10.6. The minimum absolute atomic E-state index is 0.181. The van der Waals surface area contributed by atoms with Crippen LogP contribution in [0.3, 0.4) is 0 Å². The molecule has 0 N–H and O–H groups in total. The van der Waals surface area contributed by atoms with Crippen molar-refractivity contribution in [2.45, 2.75) is 0 Å². The van der Waals surface area contributed by atoms with Gasteiger partial charge >= 0.3 is 11.8 Å². The molecule has 1 aromatic rings. The molecule has 0 bridgehead atoms. The van der Waals surface area contributed by atoms with E-state index < -0.39 is 11.1 Å². The number of nitrogens with zero attached hydrogens (tertiary/aromatic N) is 2. The molecule has 1 rings (SSSR count). The van der Waals surface area contributed by atoms with Crippen LogP contribution in [0.4, 0.5) is 0 Å². The summed E-state index contributed by atoms with van der Waals surface area (Å²) in [5.74, 6) is 0.363. The first kappa shape index (κ1) is 7.23. The fourth-order valence-electron chi connectivity index (χ4n) is 0.490. The molecule has 1 aromatic heterocycles. The van der Waals surface area contributed by atoms with Crippen LogP contribution in [0.15, 0.2) is 0 Å². The Bertz CT molecular complexity index is 203. The van der Waals surface area contributed by atoms with Crippen LogP contribution < -0.4 is 9.47 Å². The molecule has 0 fully saturated rings. The van der Waals surface area contributed by atoms with E-state index in [9.17, 15) is 4.55 Å². The van der Waals surface area contributed by atoms with Crippen molar-refractivity contribution in [1.82, 2.24) is 8.75 Å². The van der Waals surface area contributed by atoms with Crippen LogP contribution in [0.1, 0.15) is 0 Å². The zero-order chi connectivity index (χ0) is 7.56. The second kappa shape index (κ2) is 2.80. The van der Waals surface area contributed by atoms with Crippen molar-refractivity contribution in [2.75, 3.05) is 14.2 Å². The van der Waals surface area contributed by atoms with Crippen LogP contribution in [0.5, 0.6) is 11.8 Å². The Morgan fingerprint density at radius 3 is 1.90 bits per heavy atom. The molecule has 10 heavy (non-hydrogen) atoms. The summed E-state index contributed by atoms with van der Waals surface area (Å²) in [6.07, 6.45) is 0. The van der Waals surface area contributed by atoms with Gasteiger partial charge in [0.15, 0.2) is 11.1 Å². The third-order valence-corrected chi connectivity index (χ3v) is 1.54. The highest BCUT2D eigenvalue weighted by molar-refractivity contribution is 7.14. The first-order valence-corrected chi connectivity index (χ1v) is 3.52. The van der Waals surface area contributed by atoms with Crippen molar-refractivity contribution in [3.8, 4) is 11.8 Å². The molecule has 0 aliphatic heterocycles. The van der Waals surface area contributed by atoms with E-state index in [1.807, 2.05) is 0 Å². The molecule has 0 aliphatic carbocycles. The lowest BCUT2D eigenvalue weighted by atomic mass is 10.8. The molecule has 1 heterocycles. The van der Waals surface area contributed by atoms with E-state index in [1.54, 1.807) is 0 Å². The molecule has 6 heteroatoms. The van der Waals surface area contributed by atoms with Gasteiger partial charge in [-0.1, -0.05) is 0 Å². The normalized spacial score (nSPS) is 9.50. The van der Waals surface area contributed by atoms with Gasteiger partial charge in [-0.25, -0.2) is 0 Å². The Labute approximate surface area is 60.7 Å². The highest BCUT2D eigenvalue weighted by Gasteiger charge is 2.15. The third kappa shape index (κ3) is 1.17. The molecule has 0 atom stereocenters. The molecular weight excluding hydrogens is 156 g/mol. The quantitative estimate of drug-likeness (QED) is 0.582. The topological polar surface area (TPSA) is 67.3 Å². The van der Waals surface area contributed by atoms with E-state index >= 15 is 0 Å². The highest BCUT2D eigenvalue weighted by Crippen LogP contribution is 2.25. The zero-order valence-corrected chi connectivity index (χ0v) is 6.34. The number of hydrogen-bond donors (Lipinski definition) is 0. The van der Waals surface area contributed by atoms with Gasteiger partial charge in [0, 0.05) is 8.75 Å². The number of aromatic nitrogens is 2. The van der Waals surface area contributed by atoms with Crippen molar-refractivity contribution >= 4 is 11.1 Å². The Balaban J connectivity index is 2.96. The van der Waals surface area contributed by atoms with Crippen molar-refractivity contribution in [3.05, 3.63) is 0 Å². The Morgan fingerprint density at radius 2 is 1.60 bits per heavy atom. The monoisotopic (exact) mass is 162 g/mol. The maximum Gasteiger partial charge on any atom is 0.337 e. The second-order valence-corrected chi connectivity index (χ2v) is 2.26. The smallest absolute Gasteiger partial charge is 0.337 e. The van der Waals surface area contributed by atoms with Gasteiger partial charge in [0.2, 0.25) is 0 Å². The molecule has 0 saturated heterocycles. The lowest BCUT2D eigenvalue weighted by molar-refractivity contribution is 0.340. The van der Waals surface area contributed by atoms with Crippen LogP contribution in [0.25, 0.3) is 0 Å². The molecule has 0 saturated carbocycles. The first-order chi connectivity index (χ1) is 4.77. The molecule has 0 aliphatic rings. The minimum atomic E-state index is -1.56. The molecule has 0 unspecified atom stereocenters. The zero-order valence-electron chi connectivity index (χ0n) is 5.53. The molecule has 5 nitrogen and oxygen atoms in total. The predicted octanol–water partition coefficient (Wildman–Crippen LogP) is 0.221. The van der Waals surface area contributed by atoms with Gasteiger partial charge in [0.05, 0.1) is 14.2 Å². The summed E-state index contributed by atoms with van der Waals surface area (Å²) < 4.78 is 26.9. The Kier molecular flexibility index (Phi) is 2.03. The molecule has 56 valence electrons. The van der Waals surface area contributed by atoms with Crippen LogP contribution in [0.2, 0.25) is 0 Å². The first-order valence-electron chi connectivity index (χ1n) is 2.45. The van der Waals surface area contributed by atoms with Gasteiger partial charge in [-0.05, 0) is 0 Å². The number of ether oxygens (including phenoxy) is 2. The van der Waals surface area contributed by atoms with Crippen LogP contribution >= 0.6 is 11.1 Å². The molecular formula is C4H6N2O3S.